The number of rotatable bonds is 5. The van der Waals surface area contributed by atoms with Gasteiger partial charge in [-0.25, -0.2) is 4.39 Å². The molecule has 1 amide bonds. The van der Waals surface area contributed by atoms with Crippen molar-refractivity contribution < 1.29 is 9.18 Å². The molecule has 0 spiro atoms. The number of likely N-dealkylation sites (tertiary alicyclic amines) is 1. The minimum absolute atomic E-state index is 0.162. The van der Waals surface area contributed by atoms with Crippen LogP contribution in [0.2, 0.25) is 0 Å². The summed E-state index contributed by atoms with van der Waals surface area (Å²) in [6.45, 7) is 2.66. The molecule has 1 aromatic carbocycles. The number of amides is 1. The zero-order chi connectivity index (χ0) is 14.4. The molecule has 1 saturated heterocycles. The maximum atomic E-state index is 13.1. The molecule has 0 bridgehead atoms. The standard InChI is InChI=1S/C15H18FN3O/c16-14-4-3-12(10-17)13(9-14)11-18-6-5-15(20)19-7-1-2-8-19/h3-4,9,18H,1-2,5-8,11H2. The summed E-state index contributed by atoms with van der Waals surface area (Å²) in [7, 11) is 0. The van der Waals surface area contributed by atoms with E-state index >= 15 is 0 Å². The van der Waals surface area contributed by atoms with E-state index in [0.717, 1.165) is 25.9 Å². The number of carbonyl (C=O) groups excluding carboxylic acids is 1. The molecule has 0 unspecified atom stereocenters. The van der Waals surface area contributed by atoms with E-state index in [2.05, 4.69) is 5.32 Å². The molecule has 1 heterocycles. The van der Waals surface area contributed by atoms with Crippen molar-refractivity contribution in [2.75, 3.05) is 19.6 Å². The summed E-state index contributed by atoms with van der Waals surface area (Å²) in [5.41, 5.74) is 1.09. The van der Waals surface area contributed by atoms with Crippen LogP contribution < -0.4 is 5.32 Å². The zero-order valence-corrected chi connectivity index (χ0v) is 11.4. The van der Waals surface area contributed by atoms with Crippen molar-refractivity contribution in [3.05, 3.63) is 35.1 Å². The molecular formula is C15H18FN3O. The minimum Gasteiger partial charge on any atom is -0.343 e. The number of nitriles is 1. The Morgan fingerprint density at radius 1 is 1.40 bits per heavy atom. The van der Waals surface area contributed by atoms with Gasteiger partial charge in [-0.1, -0.05) is 0 Å². The predicted octanol–water partition coefficient (Wildman–Crippen LogP) is 1.80. The van der Waals surface area contributed by atoms with Crippen LogP contribution >= 0.6 is 0 Å². The molecule has 0 radical (unpaired) electrons. The van der Waals surface area contributed by atoms with Crippen LogP contribution in [0.5, 0.6) is 0 Å². The second-order valence-electron chi connectivity index (χ2n) is 4.93. The Morgan fingerprint density at radius 3 is 2.85 bits per heavy atom. The molecule has 0 saturated carbocycles. The molecule has 5 heteroatoms. The van der Waals surface area contributed by atoms with E-state index < -0.39 is 0 Å². The Bertz CT molecular complexity index is 518. The molecular weight excluding hydrogens is 257 g/mol. The van der Waals surface area contributed by atoms with Gasteiger partial charge in [0.1, 0.15) is 5.82 Å². The molecule has 1 aliphatic rings. The number of hydrogen-bond donors (Lipinski definition) is 1. The van der Waals surface area contributed by atoms with Gasteiger partial charge in [-0.3, -0.25) is 4.79 Å². The molecule has 0 aliphatic carbocycles. The van der Waals surface area contributed by atoms with Gasteiger partial charge in [0.25, 0.3) is 0 Å². The third-order valence-electron chi connectivity index (χ3n) is 3.48. The lowest BCUT2D eigenvalue weighted by molar-refractivity contribution is -0.130. The van der Waals surface area contributed by atoms with Gasteiger partial charge < -0.3 is 10.2 Å². The lowest BCUT2D eigenvalue weighted by atomic mass is 10.1. The number of nitrogens with one attached hydrogen (secondary N) is 1. The lowest BCUT2D eigenvalue weighted by Gasteiger charge is -2.15. The fourth-order valence-corrected chi connectivity index (χ4v) is 2.36. The van der Waals surface area contributed by atoms with Crippen LogP contribution in [-0.4, -0.2) is 30.4 Å². The average molecular weight is 275 g/mol. The zero-order valence-electron chi connectivity index (χ0n) is 11.4. The number of halogens is 1. The Morgan fingerprint density at radius 2 is 2.15 bits per heavy atom. The van der Waals surface area contributed by atoms with Gasteiger partial charge in [0, 0.05) is 32.6 Å². The highest BCUT2D eigenvalue weighted by Crippen LogP contribution is 2.11. The van der Waals surface area contributed by atoms with E-state index in [0.29, 0.717) is 30.6 Å². The number of nitrogens with zero attached hydrogens (tertiary/aromatic N) is 2. The third kappa shape index (κ3) is 3.78. The highest BCUT2D eigenvalue weighted by atomic mass is 19.1. The number of benzene rings is 1. The molecule has 106 valence electrons. The van der Waals surface area contributed by atoms with Gasteiger partial charge in [-0.15, -0.1) is 0 Å². The summed E-state index contributed by atoms with van der Waals surface area (Å²) in [6, 6.07) is 6.14. The first-order valence-corrected chi connectivity index (χ1v) is 6.88. The summed E-state index contributed by atoms with van der Waals surface area (Å²) in [4.78, 5) is 13.7. The van der Waals surface area contributed by atoms with Crippen LogP contribution in [0, 0.1) is 17.1 Å². The van der Waals surface area contributed by atoms with E-state index in [9.17, 15) is 9.18 Å². The fourth-order valence-electron chi connectivity index (χ4n) is 2.36. The topological polar surface area (TPSA) is 56.1 Å². The number of carbonyl (C=O) groups is 1. The Kier molecular flexibility index (Phi) is 5.08. The first kappa shape index (κ1) is 14.5. The van der Waals surface area contributed by atoms with Crippen LogP contribution in [0.15, 0.2) is 18.2 Å². The van der Waals surface area contributed by atoms with Gasteiger partial charge in [-0.2, -0.15) is 5.26 Å². The largest absolute Gasteiger partial charge is 0.343 e. The summed E-state index contributed by atoms with van der Waals surface area (Å²) in [5, 5.41) is 12.0. The van der Waals surface area contributed by atoms with E-state index in [1.165, 1.54) is 18.2 Å². The first-order valence-electron chi connectivity index (χ1n) is 6.88. The predicted molar refractivity (Wildman–Crippen MR) is 73.3 cm³/mol. The highest BCUT2D eigenvalue weighted by molar-refractivity contribution is 5.76. The smallest absolute Gasteiger partial charge is 0.223 e. The van der Waals surface area contributed by atoms with Gasteiger partial charge in [0.05, 0.1) is 11.6 Å². The Balaban J connectivity index is 1.77. The molecule has 4 nitrogen and oxygen atoms in total. The molecule has 1 aromatic rings. The van der Waals surface area contributed by atoms with Crippen molar-refractivity contribution in [2.45, 2.75) is 25.8 Å². The van der Waals surface area contributed by atoms with E-state index in [1.807, 2.05) is 11.0 Å². The Labute approximate surface area is 118 Å². The Hall–Kier alpha value is -1.93. The van der Waals surface area contributed by atoms with Crippen molar-refractivity contribution in [3.8, 4) is 6.07 Å². The van der Waals surface area contributed by atoms with E-state index in [-0.39, 0.29) is 11.7 Å². The lowest BCUT2D eigenvalue weighted by Crippen LogP contribution is -2.30. The van der Waals surface area contributed by atoms with Crippen LogP contribution in [0.4, 0.5) is 4.39 Å². The molecule has 0 aromatic heterocycles. The van der Waals surface area contributed by atoms with Crippen molar-refractivity contribution in [1.29, 1.82) is 5.26 Å². The second kappa shape index (κ2) is 7.01. The summed E-state index contributed by atoms with van der Waals surface area (Å²) in [6.07, 6.45) is 2.62. The van der Waals surface area contributed by atoms with Crippen molar-refractivity contribution in [3.63, 3.8) is 0 Å². The summed E-state index contributed by atoms with van der Waals surface area (Å²) in [5.74, 6) is -0.191. The number of hydrogen-bond acceptors (Lipinski definition) is 3. The molecule has 1 fully saturated rings. The molecule has 20 heavy (non-hydrogen) atoms. The van der Waals surface area contributed by atoms with Gasteiger partial charge >= 0.3 is 0 Å². The summed E-state index contributed by atoms with van der Waals surface area (Å²) < 4.78 is 13.1. The molecule has 0 atom stereocenters. The van der Waals surface area contributed by atoms with Crippen LogP contribution in [0.1, 0.15) is 30.4 Å². The van der Waals surface area contributed by atoms with E-state index in [1.54, 1.807) is 0 Å². The average Bonchev–Trinajstić information content (AvgIpc) is 2.98. The van der Waals surface area contributed by atoms with Crippen molar-refractivity contribution >= 4 is 5.91 Å². The third-order valence-corrected chi connectivity index (χ3v) is 3.48. The summed E-state index contributed by atoms with van der Waals surface area (Å²) >= 11 is 0. The van der Waals surface area contributed by atoms with Gasteiger partial charge in [-0.05, 0) is 36.6 Å². The molecule has 1 aliphatic heterocycles. The van der Waals surface area contributed by atoms with Crippen molar-refractivity contribution in [1.82, 2.24) is 10.2 Å². The normalized spacial score (nSPS) is 14.3. The maximum absolute atomic E-state index is 13.1. The van der Waals surface area contributed by atoms with E-state index in [4.69, 9.17) is 5.26 Å². The minimum atomic E-state index is -0.353. The SMILES string of the molecule is N#Cc1ccc(F)cc1CNCCC(=O)N1CCCC1. The first-order chi connectivity index (χ1) is 9.70. The van der Waals surface area contributed by atoms with Gasteiger partial charge in [0.2, 0.25) is 5.91 Å². The second-order valence-corrected chi connectivity index (χ2v) is 4.93. The van der Waals surface area contributed by atoms with Crippen LogP contribution in [0.25, 0.3) is 0 Å². The van der Waals surface area contributed by atoms with Crippen LogP contribution in [-0.2, 0) is 11.3 Å². The van der Waals surface area contributed by atoms with Gasteiger partial charge in [0.15, 0.2) is 0 Å². The van der Waals surface area contributed by atoms with Crippen LogP contribution in [0.3, 0.4) is 0 Å². The monoisotopic (exact) mass is 275 g/mol. The fraction of sp³-hybridized carbons (Fsp3) is 0.467. The molecule has 2 rings (SSSR count). The maximum Gasteiger partial charge on any atom is 0.223 e. The quantitative estimate of drug-likeness (QED) is 0.834. The van der Waals surface area contributed by atoms with Crippen molar-refractivity contribution in [2.24, 2.45) is 0 Å². The highest BCUT2D eigenvalue weighted by Gasteiger charge is 2.16. The molecule has 1 N–H and O–H groups in total.